The van der Waals surface area contributed by atoms with Gasteiger partial charge in [-0.15, -0.1) is 0 Å². The van der Waals surface area contributed by atoms with Crippen molar-refractivity contribution in [3.8, 4) is 0 Å². The van der Waals surface area contributed by atoms with Gasteiger partial charge >= 0.3 is 0 Å². The third-order valence-electron chi connectivity index (χ3n) is 3.13. The van der Waals surface area contributed by atoms with Crippen molar-refractivity contribution in [3.05, 3.63) is 24.3 Å². The van der Waals surface area contributed by atoms with E-state index in [0.717, 1.165) is 5.69 Å². The Hall–Kier alpha value is -2.37. The summed E-state index contributed by atoms with van der Waals surface area (Å²) >= 11 is 0. The molecule has 6 nitrogen and oxygen atoms in total. The highest BCUT2D eigenvalue weighted by molar-refractivity contribution is 5.92. The molecule has 0 heterocycles. The fraction of sp³-hybridized carbons (Fsp3) is 0.471. The maximum Gasteiger partial charge on any atom is 0.223 e. The molecular weight excluding hydrogens is 294 g/mol. The normalized spacial score (nSPS) is 10.3. The second-order valence-corrected chi connectivity index (χ2v) is 5.85. The molecule has 1 rings (SSSR count). The topological polar surface area (TPSA) is 78.5 Å². The number of hydrogen-bond donors (Lipinski definition) is 2. The fourth-order valence-electron chi connectivity index (χ4n) is 2.15. The summed E-state index contributed by atoms with van der Waals surface area (Å²) in [5.74, 6) is 0.0502. The van der Waals surface area contributed by atoms with Crippen LogP contribution < -0.4 is 15.5 Å². The molecule has 0 aliphatic carbocycles. The third-order valence-corrected chi connectivity index (χ3v) is 3.13. The quantitative estimate of drug-likeness (QED) is 0.808. The highest BCUT2D eigenvalue weighted by Crippen LogP contribution is 2.18. The van der Waals surface area contributed by atoms with Crippen LogP contribution in [0.1, 0.15) is 34.1 Å². The van der Waals surface area contributed by atoms with Gasteiger partial charge < -0.3 is 15.5 Å². The highest BCUT2D eigenvalue weighted by Gasteiger charge is 2.12. The van der Waals surface area contributed by atoms with E-state index in [-0.39, 0.29) is 17.7 Å². The molecule has 0 aromatic heterocycles. The zero-order chi connectivity index (χ0) is 17.4. The molecule has 126 valence electrons. The van der Waals surface area contributed by atoms with Crippen LogP contribution in [0.4, 0.5) is 11.4 Å². The Morgan fingerprint density at radius 1 is 1.09 bits per heavy atom. The van der Waals surface area contributed by atoms with Gasteiger partial charge in [-0.2, -0.15) is 0 Å². The smallest absolute Gasteiger partial charge is 0.223 e. The monoisotopic (exact) mass is 319 g/mol. The van der Waals surface area contributed by atoms with Gasteiger partial charge in [-0.05, 0) is 30.2 Å². The molecule has 0 radical (unpaired) electrons. The van der Waals surface area contributed by atoms with Crippen LogP contribution in [-0.2, 0) is 14.4 Å². The zero-order valence-electron chi connectivity index (χ0n) is 14.2. The largest absolute Gasteiger partial charge is 0.354 e. The van der Waals surface area contributed by atoms with Crippen LogP contribution in [0.25, 0.3) is 0 Å². The van der Waals surface area contributed by atoms with E-state index in [1.54, 1.807) is 29.2 Å². The number of carbonyl (C=O) groups excluding carboxylic acids is 3. The molecule has 0 fully saturated rings. The molecule has 0 bridgehead atoms. The Morgan fingerprint density at radius 2 is 1.70 bits per heavy atom. The first-order valence-electron chi connectivity index (χ1n) is 7.72. The van der Waals surface area contributed by atoms with E-state index in [9.17, 15) is 14.4 Å². The molecule has 0 unspecified atom stereocenters. The molecule has 0 aliphatic rings. The molecular formula is C17H25N3O3. The molecule has 6 heteroatoms. The highest BCUT2D eigenvalue weighted by atomic mass is 16.2. The summed E-state index contributed by atoms with van der Waals surface area (Å²) in [6, 6.07) is 7.01. The minimum absolute atomic E-state index is 0.00971. The first kappa shape index (κ1) is 18.7. The molecule has 0 spiro atoms. The maximum atomic E-state index is 11.8. The molecule has 0 atom stereocenters. The van der Waals surface area contributed by atoms with Gasteiger partial charge in [0.05, 0.1) is 0 Å². The predicted molar refractivity (Wildman–Crippen MR) is 91.2 cm³/mol. The third kappa shape index (κ3) is 6.95. The summed E-state index contributed by atoms with van der Waals surface area (Å²) in [4.78, 5) is 36.0. The van der Waals surface area contributed by atoms with Crippen LogP contribution in [0.5, 0.6) is 0 Å². The number of carbonyl (C=O) groups is 3. The molecule has 0 saturated heterocycles. The SMILES string of the molecule is CC(=O)Nc1ccc(N(CCNC(=O)CC(C)C)C(C)=O)cc1. The van der Waals surface area contributed by atoms with E-state index in [1.165, 1.54) is 13.8 Å². The van der Waals surface area contributed by atoms with Crippen LogP contribution in [0.3, 0.4) is 0 Å². The average Bonchev–Trinajstić information content (AvgIpc) is 2.43. The number of benzene rings is 1. The van der Waals surface area contributed by atoms with Crippen molar-refractivity contribution in [3.63, 3.8) is 0 Å². The lowest BCUT2D eigenvalue weighted by Gasteiger charge is -2.22. The summed E-state index contributed by atoms with van der Waals surface area (Å²) in [5, 5.41) is 5.49. The van der Waals surface area contributed by atoms with Crippen LogP contribution in [0.2, 0.25) is 0 Å². The number of amides is 3. The molecule has 2 N–H and O–H groups in total. The summed E-state index contributed by atoms with van der Waals surface area (Å²) in [6.07, 6.45) is 0.478. The van der Waals surface area contributed by atoms with Crippen molar-refractivity contribution in [2.75, 3.05) is 23.3 Å². The van der Waals surface area contributed by atoms with Crippen molar-refractivity contribution >= 4 is 29.1 Å². The number of nitrogens with one attached hydrogen (secondary N) is 2. The van der Waals surface area contributed by atoms with Gasteiger partial charge in [0.2, 0.25) is 17.7 Å². The van der Waals surface area contributed by atoms with E-state index >= 15 is 0 Å². The molecule has 0 saturated carbocycles. The van der Waals surface area contributed by atoms with Crippen LogP contribution in [-0.4, -0.2) is 30.8 Å². The summed E-state index contributed by atoms with van der Waals surface area (Å²) < 4.78 is 0. The Bertz CT molecular complexity index is 553. The second kappa shape index (κ2) is 8.92. The minimum atomic E-state index is -0.144. The Labute approximate surface area is 137 Å². The Morgan fingerprint density at radius 3 is 2.17 bits per heavy atom. The van der Waals surface area contributed by atoms with Gasteiger partial charge in [0, 0.05) is 44.7 Å². The first-order chi connectivity index (χ1) is 10.8. The number of nitrogens with zero attached hydrogens (tertiary/aromatic N) is 1. The van der Waals surface area contributed by atoms with E-state index in [1.807, 2.05) is 13.8 Å². The van der Waals surface area contributed by atoms with E-state index in [0.29, 0.717) is 31.1 Å². The zero-order valence-corrected chi connectivity index (χ0v) is 14.2. The summed E-state index contributed by atoms with van der Waals surface area (Å²) in [7, 11) is 0. The number of anilines is 2. The second-order valence-electron chi connectivity index (χ2n) is 5.85. The first-order valence-corrected chi connectivity index (χ1v) is 7.72. The lowest BCUT2D eigenvalue weighted by Crippen LogP contribution is -2.37. The van der Waals surface area contributed by atoms with Gasteiger partial charge in [-0.3, -0.25) is 14.4 Å². The number of hydrogen-bond acceptors (Lipinski definition) is 3. The molecule has 1 aromatic carbocycles. The van der Waals surface area contributed by atoms with E-state index < -0.39 is 0 Å². The maximum absolute atomic E-state index is 11.8. The van der Waals surface area contributed by atoms with Crippen molar-refractivity contribution in [2.24, 2.45) is 5.92 Å². The van der Waals surface area contributed by atoms with Crippen LogP contribution >= 0.6 is 0 Å². The van der Waals surface area contributed by atoms with Gasteiger partial charge in [-0.1, -0.05) is 13.8 Å². The number of rotatable bonds is 7. The van der Waals surface area contributed by atoms with Gasteiger partial charge in [0.1, 0.15) is 0 Å². The van der Waals surface area contributed by atoms with E-state index in [2.05, 4.69) is 10.6 Å². The molecule has 0 aliphatic heterocycles. The lowest BCUT2D eigenvalue weighted by molar-refractivity contribution is -0.122. The van der Waals surface area contributed by atoms with Gasteiger partial charge in [0.25, 0.3) is 0 Å². The Balaban J connectivity index is 2.62. The molecule has 3 amide bonds. The van der Waals surface area contributed by atoms with Crippen molar-refractivity contribution in [1.29, 1.82) is 0 Å². The predicted octanol–water partition coefficient (Wildman–Crippen LogP) is 2.16. The Kier molecular flexibility index (Phi) is 7.25. The van der Waals surface area contributed by atoms with Crippen LogP contribution in [0, 0.1) is 5.92 Å². The van der Waals surface area contributed by atoms with Crippen molar-refractivity contribution < 1.29 is 14.4 Å². The lowest BCUT2D eigenvalue weighted by atomic mass is 10.1. The molecule has 1 aromatic rings. The van der Waals surface area contributed by atoms with E-state index in [4.69, 9.17) is 0 Å². The average molecular weight is 319 g/mol. The summed E-state index contributed by atoms with van der Waals surface area (Å²) in [5.41, 5.74) is 1.40. The fourth-order valence-corrected chi connectivity index (χ4v) is 2.15. The van der Waals surface area contributed by atoms with Crippen molar-refractivity contribution in [2.45, 2.75) is 34.1 Å². The van der Waals surface area contributed by atoms with Gasteiger partial charge in [0.15, 0.2) is 0 Å². The van der Waals surface area contributed by atoms with Crippen LogP contribution in [0.15, 0.2) is 24.3 Å². The van der Waals surface area contributed by atoms with Gasteiger partial charge in [-0.25, -0.2) is 0 Å². The summed E-state index contributed by atoms with van der Waals surface area (Å²) in [6.45, 7) is 7.70. The van der Waals surface area contributed by atoms with Crippen molar-refractivity contribution in [1.82, 2.24) is 5.32 Å². The molecule has 23 heavy (non-hydrogen) atoms. The standard InChI is InChI=1S/C17H25N3O3/c1-12(2)11-17(23)18-9-10-20(14(4)22)16-7-5-15(6-8-16)19-13(3)21/h5-8,12H,9-11H2,1-4H3,(H,18,23)(H,19,21). The minimum Gasteiger partial charge on any atom is -0.354 e.